The number of aromatic nitrogens is 1. The second-order valence-corrected chi connectivity index (χ2v) is 22.6. The number of carboxylic acid groups (broad SMARTS) is 1. The van der Waals surface area contributed by atoms with Gasteiger partial charge in [-0.25, -0.2) is 4.79 Å². The second kappa shape index (κ2) is 29.5. The number of nitrogens with zero attached hydrogens (tertiary/aromatic N) is 1. The van der Waals surface area contributed by atoms with Crippen molar-refractivity contribution in [2.75, 3.05) is 18.6 Å². The van der Waals surface area contributed by atoms with Gasteiger partial charge in [0.2, 0.25) is 41.4 Å². The first-order chi connectivity index (χ1) is 36.6. The Morgan fingerprint density at radius 3 is 1.71 bits per heavy atom. The van der Waals surface area contributed by atoms with Gasteiger partial charge in [-0.05, 0) is 72.6 Å². The highest BCUT2D eigenvalue weighted by Crippen LogP contribution is 2.23. The normalized spacial score (nSPS) is 17.0. The number of H-pyrrole nitrogens is 1. The molecule has 20 heteroatoms. The Balaban J connectivity index is 1.36. The van der Waals surface area contributed by atoms with E-state index >= 15 is 0 Å². The van der Waals surface area contributed by atoms with E-state index in [1.165, 1.54) is 11.2 Å². The number of carbonyl (C=O) groups excluding carboxylic acids is 7. The number of hydrogen-bond donors (Lipinski definition) is 9. The Morgan fingerprint density at radius 1 is 0.649 bits per heavy atom. The first-order valence-corrected chi connectivity index (χ1v) is 28.4. The Hall–Kier alpha value is -6.93. The van der Waals surface area contributed by atoms with E-state index in [1.54, 1.807) is 66.9 Å². The number of rotatable bonds is 29. The number of aromatic amines is 1. The van der Waals surface area contributed by atoms with Crippen LogP contribution in [0.5, 0.6) is 0 Å². The molecule has 1 fully saturated rings. The van der Waals surface area contributed by atoms with Crippen LogP contribution in [0.15, 0.2) is 91.1 Å². The van der Waals surface area contributed by atoms with Gasteiger partial charge in [-0.3, -0.25) is 37.8 Å². The molecule has 0 radical (unpaired) electrons. The van der Waals surface area contributed by atoms with E-state index in [4.69, 9.17) is 5.73 Å². The summed E-state index contributed by atoms with van der Waals surface area (Å²) in [4.78, 5) is 117. The molecule has 1 aliphatic rings. The third-order valence-electron chi connectivity index (χ3n) is 13.9. The average molecular weight is 1080 g/mol. The molecule has 1 saturated heterocycles. The number of carboxylic acids is 1. The minimum atomic E-state index is -1.36. The number of hydrogen-bond acceptors (Lipinski definition) is 10. The van der Waals surface area contributed by atoms with Crippen LogP contribution < -0.4 is 37.6 Å². The van der Waals surface area contributed by atoms with Crippen molar-refractivity contribution in [3.05, 3.63) is 108 Å². The smallest absolute Gasteiger partial charge is 0.326 e. The van der Waals surface area contributed by atoms with Crippen molar-refractivity contribution in [1.82, 2.24) is 41.8 Å². The molecule has 0 spiro atoms. The number of para-hydroxylation sites is 1. The van der Waals surface area contributed by atoms with Gasteiger partial charge >= 0.3 is 5.97 Å². The summed E-state index contributed by atoms with van der Waals surface area (Å²) >= 11 is 0. The number of aliphatic carboxylic acids is 1. The van der Waals surface area contributed by atoms with E-state index in [9.17, 15) is 47.7 Å². The largest absolute Gasteiger partial charge is 0.480 e. The molecule has 5 rings (SSSR count). The maximum atomic E-state index is 14.7. The van der Waals surface area contributed by atoms with Crippen LogP contribution in [0.3, 0.4) is 0 Å². The SMILES string of the molecule is CC[C@H](C)[C@H](N)C(=O)N[C@@H](CCS(C)=O)C(=O)N[C@@H](CC(C)C)C(=O)N[C@@H](CC(C)C)C(=O)N1CCC[C@H]1C(=O)N[C@@H](Cc1ccccc1)C(=O)N[C@@H](Cc1ccccc1)C(=O)N[C@@H](Cc1c[nH]c2ccccc12)C(=O)O. The lowest BCUT2D eigenvalue weighted by molar-refractivity contribution is -0.143. The quantitative estimate of drug-likeness (QED) is 0.0380. The summed E-state index contributed by atoms with van der Waals surface area (Å²) in [6, 6.07) is 16.0. The zero-order valence-electron chi connectivity index (χ0n) is 45.3. The monoisotopic (exact) mass is 1080 g/mol. The molecule has 7 amide bonds. The number of amides is 7. The maximum Gasteiger partial charge on any atom is 0.326 e. The second-order valence-electron chi connectivity index (χ2n) is 21.1. The number of benzene rings is 3. The van der Waals surface area contributed by atoms with Crippen LogP contribution in [0, 0.1) is 17.8 Å². The molecule has 2 heterocycles. The number of nitrogens with one attached hydrogen (secondary N) is 7. The van der Waals surface area contributed by atoms with Gasteiger partial charge in [0.15, 0.2) is 0 Å². The fourth-order valence-electron chi connectivity index (χ4n) is 9.43. The fraction of sp³-hybridized carbons (Fsp3) is 0.509. The van der Waals surface area contributed by atoms with Gasteiger partial charge in [-0.15, -0.1) is 0 Å². The van der Waals surface area contributed by atoms with Crippen LogP contribution in [0.2, 0.25) is 0 Å². The van der Waals surface area contributed by atoms with E-state index in [0.29, 0.717) is 29.5 Å². The van der Waals surface area contributed by atoms with Gasteiger partial charge < -0.3 is 52.6 Å². The van der Waals surface area contributed by atoms with Crippen LogP contribution in [-0.4, -0.2) is 133 Å². The molecule has 1 unspecified atom stereocenters. The van der Waals surface area contributed by atoms with Crippen molar-refractivity contribution in [1.29, 1.82) is 0 Å². The molecular weight excluding hydrogens is 1000 g/mol. The van der Waals surface area contributed by atoms with Gasteiger partial charge in [-0.1, -0.05) is 127 Å². The molecule has 10 atom stereocenters. The van der Waals surface area contributed by atoms with E-state index in [1.807, 2.05) is 65.8 Å². The van der Waals surface area contributed by atoms with Crippen LogP contribution in [0.4, 0.5) is 0 Å². The van der Waals surface area contributed by atoms with Crippen LogP contribution in [-0.2, 0) is 68.4 Å². The van der Waals surface area contributed by atoms with Gasteiger partial charge in [0, 0.05) is 65.7 Å². The summed E-state index contributed by atoms with van der Waals surface area (Å²) in [6.07, 6.45) is 4.81. The summed E-state index contributed by atoms with van der Waals surface area (Å²) in [7, 11) is -1.30. The Bertz CT molecular complexity index is 2670. The first kappa shape index (κ1) is 60.9. The summed E-state index contributed by atoms with van der Waals surface area (Å²) in [5, 5.41) is 27.8. The highest BCUT2D eigenvalue weighted by molar-refractivity contribution is 7.84. The molecule has 77 heavy (non-hydrogen) atoms. The lowest BCUT2D eigenvalue weighted by Crippen LogP contribution is -2.60. The van der Waals surface area contributed by atoms with Crippen LogP contribution in [0.1, 0.15) is 96.8 Å². The van der Waals surface area contributed by atoms with Crippen molar-refractivity contribution >= 4 is 69.0 Å². The zero-order valence-corrected chi connectivity index (χ0v) is 46.2. The topological polar surface area (TPSA) is 291 Å². The highest BCUT2D eigenvalue weighted by Gasteiger charge is 2.41. The molecule has 3 aromatic carbocycles. The molecule has 1 aromatic heterocycles. The molecule has 10 N–H and O–H groups in total. The Morgan fingerprint density at radius 2 is 1.14 bits per heavy atom. The minimum Gasteiger partial charge on any atom is -0.480 e. The highest BCUT2D eigenvalue weighted by atomic mass is 32.2. The van der Waals surface area contributed by atoms with Crippen LogP contribution >= 0.6 is 0 Å². The Labute approximate surface area is 454 Å². The lowest BCUT2D eigenvalue weighted by atomic mass is 9.98. The van der Waals surface area contributed by atoms with Crippen molar-refractivity contribution in [2.45, 2.75) is 148 Å². The minimum absolute atomic E-state index is 0.00241. The van der Waals surface area contributed by atoms with Crippen LogP contribution in [0.25, 0.3) is 10.9 Å². The molecular formula is C57H79N9O10S. The van der Waals surface area contributed by atoms with Gasteiger partial charge in [0.05, 0.1) is 6.04 Å². The maximum absolute atomic E-state index is 14.7. The number of likely N-dealkylation sites (tertiary alicyclic amines) is 1. The summed E-state index contributed by atoms with van der Waals surface area (Å²) in [5.74, 6) is -6.06. The molecule has 1 aliphatic heterocycles. The van der Waals surface area contributed by atoms with Crippen molar-refractivity contribution in [2.24, 2.45) is 23.5 Å². The molecule has 4 aromatic rings. The van der Waals surface area contributed by atoms with E-state index in [2.05, 4.69) is 36.9 Å². The fourth-order valence-corrected chi connectivity index (χ4v) is 10.00. The molecule has 0 saturated carbocycles. The standard InChI is InChI=1S/C57H79N9O10S/c1-8-36(6)49(58)55(72)60-42(25-27-77(7)76)50(67)61-43(28-34(2)3)51(68)64-46(29-35(4)5)56(73)66-26-17-24-48(66)54(71)63-45(31-38-20-13-10-14-21-38)52(69)62-44(30-37-18-11-9-12-19-37)53(70)65-47(57(74)75)32-39-33-59-41-23-16-15-22-40(39)41/h9-16,18-23,33-36,42-49,59H,8,17,24-32,58H2,1-7H3,(H,60,72)(H,61,67)(H,62,69)(H,63,71)(H,64,68)(H,65,70)(H,74,75)/t36-,42-,43-,44-,45-,46-,47-,48-,49-,77?/m0/s1. The van der Waals surface area contributed by atoms with Gasteiger partial charge in [0.1, 0.15) is 42.3 Å². The number of fused-ring (bicyclic) bond motifs is 1. The van der Waals surface area contributed by atoms with Gasteiger partial charge in [0.25, 0.3) is 0 Å². The molecule has 0 bridgehead atoms. The lowest BCUT2D eigenvalue weighted by Gasteiger charge is -2.32. The third-order valence-corrected chi connectivity index (χ3v) is 14.7. The molecule has 0 aliphatic carbocycles. The Kier molecular flexibility index (Phi) is 23.4. The van der Waals surface area contributed by atoms with E-state index in [-0.39, 0.29) is 75.0 Å². The van der Waals surface area contributed by atoms with Crippen molar-refractivity contribution in [3.63, 3.8) is 0 Å². The molecule has 19 nitrogen and oxygen atoms in total. The summed E-state index contributed by atoms with van der Waals surface area (Å²) in [6.45, 7) is 11.4. The summed E-state index contributed by atoms with van der Waals surface area (Å²) in [5.41, 5.74) is 9.04. The first-order valence-electron chi connectivity index (χ1n) is 26.7. The third kappa shape index (κ3) is 18.4. The van der Waals surface area contributed by atoms with E-state index in [0.717, 1.165) is 10.9 Å². The van der Waals surface area contributed by atoms with Gasteiger partial charge in [-0.2, -0.15) is 0 Å². The zero-order chi connectivity index (χ0) is 56.3. The van der Waals surface area contributed by atoms with E-state index < -0.39 is 106 Å². The number of nitrogens with two attached hydrogens (primary N) is 1. The summed E-state index contributed by atoms with van der Waals surface area (Å²) < 4.78 is 12.1. The van der Waals surface area contributed by atoms with Crippen molar-refractivity contribution in [3.8, 4) is 0 Å². The number of carbonyl (C=O) groups is 8. The predicted molar refractivity (Wildman–Crippen MR) is 296 cm³/mol. The van der Waals surface area contributed by atoms with Crippen molar-refractivity contribution < 1.29 is 47.7 Å². The molecule has 418 valence electrons. The predicted octanol–water partition coefficient (Wildman–Crippen LogP) is 3.41. The average Bonchev–Trinajstić information content (AvgIpc) is 4.06.